The molecule has 0 amide bonds. The normalized spacial score (nSPS) is 27.7. The molecule has 1 heterocycles. The Hall–Kier alpha value is -0.610. The molecule has 0 bridgehead atoms. The van der Waals surface area contributed by atoms with Gasteiger partial charge in [-0.15, -0.1) is 0 Å². The van der Waals surface area contributed by atoms with Crippen molar-refractivity contribution < 1.29 is 14.6 Å². The number of aliphatic hydroxyl groups excluding tert-OH is 1. The molecule has 0 aromatic rings. The Balaban J connectivity index is 2.33. The zero-order chi connectivity index (χ0) is 10.8. The number of rotatable bonds is 2. The predicted octanol–water partition coefficient (Wildman–Crippen LogP) is 0.298. The van der Waals surface area contributed by atoms with E-state index in [-0.39, 0.29) is 11.9 Å². The van der Waals surface area contributed by atoms with Gasteiger partial charge < -0.3 is 15.2 Å². The van der Waals surface area contributed by atoms with E-state index in [1.165, 1.54) is 0 Å². The van der Waals surface area contributed by atoms with Crippen molar-refractivity contribution in [2.45, 2.75) is 38.9 Å². The number of β-amino-alcohol motifs (C(OH)–C–C–N with tert-alkyl or cyclic N) is 1. The Kier molecular flexibility index (Phi) is 3.50. The Morgan fingerprint density at radius 2 is 2.14 bits per heavy atom. The van der Waals surface area contributed by atoms with Crippen molar-refractivity contribution in [1.29, 1.82) is 0 Å². The van der Waals surface area contributed by atoms with E-state index >= 15 is 0 Å². The van der Waals surface area contributed by atoms with Crippen LogP contribution < -0.4 is 5.32 Å². The summed E-state index contributed by atoms with van der Waals surface area (Å²) >= 11 is 0. The van der Waals surface area contributed by atoms with Gasteiger partial charge in [-0.05, 0) is 20.8 Å². The molecule has 0 aliphatic carbocycles. The highest BCUT2D eigenvalue weighted by Gasteiger charge is 2.28. The summed E-state index contributed by atoms with van der Waals surface area (Å²) in [4.78, 5) is 11.4. The van der Waals surface area contributed by atoms with Crippen LogP contribution >= 0.6 is 0 Å². The lowest BCUT2D eigenvalue weighted by Gasteiger charge is -2.21. The fraction of sp³-hybridized carbons (Fsp3) is 0.900. The molecule has 0 radical (unpaired) electrons. The van der Waals surface area contributed by atoms with E-state index in [9.17, 15) is 9.90 Å². The van der Waals surface area contributed by atoms with Gasteiger partial charge in [-0.2, -0.15) is 0 Å². The van der Waals surface area contributed by atoms with Crippen molar-refractivity contribution in [2.75, 3.05) is 13.1 Å². The lowest BCUT2D eigenvalue weighted by Crippen LogP contribution is -2.28. The van der Waals surface area contributed by atoms with Crippen molar-refractivity contribution in [3.8, 4) is 0 Å². The molecular weight excluding hydrogens is 182 g/mol. The van der Waals surface area contributed by atoms with E-state index in [2.05, 4.69) is 5.32 Å². The second kappa shape index (κ2) is 4.28. The Morgan fingerprint density at radius 1 is 1.50 bits per heavy atom. The lowest BCUT2D eigenvalue weighted by molar-refractivity contribution is -0.156. The summed E-state index contributed by atoms with van der Waals surface area (Å²) in [6, 6.07) is 0. The molecule has 0 saturated carbocycles. The largest absolute Gasteiger partial charge is 0.460 e. The number of esters is 1. The van der Waals surface area contributed by atoms with Gasteiger partial charge in [0.15, 0.2) is 0 Å². The molecule has 1 aliphatic rings. The Bertz CT molecular complexity index is 210. The average molecular weight is 201 g/mol. The number of hydrogen-bond acceptors (Lipinski definition) is 4. The molecule has 1 rings (SSSR count). The molecule has 4 heteroatoms. The number of hydrogen-bond donors (Lipinski definition) is 2. The van der Waals surface area contributed by atoms with E-state index in [0.29, 0.717) is 19.5 Å². The molecule has 1 aliphatic heterocycles. The topological polar surface area (TPSA) is 58.6 Å². The van der Waals surface area contributed by atoms with Crippen LogP contribution in [0.5, 0.6) is 0 Å². The summed E-state index contributed by atoms with van der Waals surface area (Å²) in [5.74, 6) is -0.227. The molecule has 1 fully saturated rings. The fourth-order valence-corrected chi connectivity index (χ4v) is 1.52. The molecule has 82 valence electrons. The summed E-state index contributed by atoms with van der Waals surface area (Å²) < 4.78 is 5.17. The monoisotopic (exact) mass is 201 g/mol. The van der Waals surface area contributed by atoms with Crippen LogP contribution in [0, 0.1) is 5.92 Å². The quantitative estimate of drug-likeness (QED) is 0.631. The number of aliphatic hydroxyl groups is 1. The maximum Gasteiger partial charge on any atom is 0.306 e. The number of ether oxygens (including phenoxy) is 1. The van der Waals surface area contributed by atoms with Crippen molar-refractivity contribution in [3.63, 3.8) is 0 Å². The molecule has 2 N–H and O–H groups in total. The van der Waals surface area contributed by atoms with E-state index < -0.39 is 11.7 Å². The second-order valence-electron chi connectivity index (χ2n) is 4.78. The molecule has 2 atom stereocenters. The third kappa shape index (κ3) is 3.64. The summed E-state index contributed by atoms with van der Waals surface area (Å²) in [5, 5.41) is 12.5. The Morgan fingerprint density at radius 3 is 2.57 bits per heavy atom. The van der Waals surface area contributed by atoms with Crippen molar-refractivity contribution >= 4 is 5.97 Å². The number of nitrogens with one attached hydrogen (secondary N) is 1. The molecule has 4 nitrogen and oxygen atoms in total. The first kappa shape index (κ1) is 11.5. The third-order valence-electron chi connectivity index (χ3n) is 2.15. The predicted molar refractivity (Wildman–Crippen MR) is 52.8 cm³/mol. The van der Waals surface area contributed by atoms with Gasteiger partial charge in [-0.1, -0.05) is 0 Å². The zero-order valence-corrected chi connectivity index (χ0v) is 9.04. The third-order valence-corrected chi connectivity index (χ3v) is 2.15. The van der Waals surface area contributed by atoms with Crippen LogP contribution in [0.15, 0.2) is 0 Å². The average Bonchev–Trinajstić information content (AvgIpc) is 2.32. The zero-order valence-electron chi connectivity index (χ0n) is 9.04. The van der Waals surface area contributed by atoms with Gasteiger partial charge in [0.2, 0.25) is 0 Å². The number of carbonyl (C=O) groups excluding carboxylic acids is 1. The van der Waals surface area contributed by atoms with Crippen LogP contribution in [-0.2, 0) is 9.53 Å². The van der Waals surface area contributed by atoms with Gasteiger partial charge in [0.25, 0.3) is 0 Å². The molecule has 0 spiro atoms. The van der Waals surface area contributed by atoms with Gasteiger partial charge >= 0.3 is 5.97 Å². The van der Waals surface area contributed by atoms with Crippen LogP contribution in [0.3, 0.4) is 0 Å². The first-order chi connectivity index (χ1) is 6.38. The summed E-state index contributed by atoms with van der Waals surface area (Å²) in [6.45, 7) is 6.80. The van der Waals surface area contributed by atoms with E-state index in [1.54, 1.807) is 0 Å². The highest BCUT2D eigenvalue weighted by molar-refractivity contribution is 5.70. The molecule has 0 aromatic carbocycles. The Labute approximate surface area is 84.6 Å². The second-order valence-corrected chi connectivity index (χ2v) is 4.78. The highest BCUT2D eigenvalue weighted by Crippen LogP contribution is 2.16. The number of carbonyl (C=O) groups is 1. The van der Waals surface area contributed by atoms with E-state index in [0.717, 1.165) is 0 Å². The van der Waals surface area contributed by atoms with Crippen LogP contribution in [0.25, 0.3) is 0 Å². The van der Waals surface area contributed by atoms with Crippen molar-refractivity contribution in [2.24, 2.45) is 5.92 Å². The van der Waals surface area contributed by atoms with E-state index in [1.807, 2.05) is 20.8 Å². The standard InChI is InChI=1S/C10H19NO3/c1-10(2,3)14-9(13)4-7-5-11-6-8(7)12/h7-8,11-12H,4-6H2,1-3H3/t7-,8-/m1/s1. The van der Waals surface area contributed by atoms with Gasteiger partial charge in [0.1, 0.15) is 5.60 Å². The van der Waals surface area contributed by atoms with Crippen LogP contribution in [0.4, 0.5) is 0 Å². The summed E-state index contributed by atoms with van der Waals surface area (Å²) in [6.07, 6.45) is -0.117. The highest BCUT2D eigenvalue weighted by atomic mass is 16.6. The first-order valence-electron chi connectivity index (χ1n) is 4.99. The van der Waals surface area contributed by atoms with Gasteiger partial charge in [0, 0.05) is 19.0 Å². The van der Waals surface area contributed by atoms with Gasteiger partial charge in [-0.25, -0.2) is 0 Å². The molecule has 0 aromatic heterocycles. The molecular formula is C10H19NO3. The van der Waals surface area contributed by atoms with Gasteiger partial charge in [-0.3, -0.25) is 4.79 Å². The van der Waals surface area contributed by atoms with Gasteiger partial charge in [0.05, 0.1) is 12.5 Å². The minimum absolute atomic E-state index is 0.00449. The fourth-order valence-electron chi connectivity index (χ4n) is 1.52. The van der Waals surface area contributed by atoms with Crippen LogP contribution in [0.1, 0.15) is 27.2 Å². The molecule has 14 heavy (non-hydrogen) atoms. The molecule has 1 saturated heterocycles. The minimum atomic E-state index is -0.436. The lowest BCUT2D eigenvalue weighted by atomic mass is 10.0. The maximum atomic E-state index is 11.4. The van der Waals surface area contributed by atoms with Crippen molar-refractivity contribution in [3.05, 3.63) is 0 Å². The van der Waals surface area contributed by atoms with E-state index in [4.69, 9.17) is 4.74 Å². The van der Waals surface area contributed by atoms with Crippen LogP contribution in [-0.4, -0.2) is 35.9 Å². The SMILES string of the molecule is CC(C)(C)OC(=O)C[C@@H]1CNC[C@H]1O. The first-order valence-corrected chi connectivity index (χ1v) is 4.99. The van der Waals surface area contributed by atoms with Crippen LogP contribution in [0.2, 0.25) is 0 Å². The minimum Gasteiger partial charge on any atom is -0.460 e. The maximum absolute atomic E-state index is 11.4. The summed E-state index contributed by atoms with van der Waals surface area (Å²) in [5.41, 5.74) is -0.436. The molecule has 0 unspecified atom stereocenters. The van der Waals surface area contributed by atoms with Crippen molar-refractivity contribution in [1.82, 2.24) is 5.32 Å². The summed E-state index contributed by atoms with van der Waals surface area (Å²) in [7, 11) is 0. The smallest absolute Gasteiger partial charge is 0.306 e.